The summed E-state index contributed by atoms with van der Waals surface area (Å²) in [5.74, 6) is 0. The van der Waals surface area contributed by atoms with E-state index in [4.69, 9.17) is 5.73 Å². The Morgan fingerprint density at radius 3 is 2.62 bits per heavy atom. The molecule has 1 unspecified atom stereocenters. The third-order valence-corrected chi connectivity index (χ3v) is 3.89. The van der Waals surface area contributed by atoms with Crippen LogP contribution in [0.25, 0.3) is 0 Å². The van der Waals surface area contributed by atoms with Crippen LogP contribution in [0.5, 0.6) is 0 Å². The molecule has 0 saturated carbocycles. The van der Waals surface area contributed by atoms with E-state index in [0.29, 0.717) is 0 Å². The SMILES string of the molecule is CCc1ccsc1C(N)Cc1ccccc1. The molecule has 2 rings (SSSR count). The van der Waals surface area contributed by atoms with Gasteiger partial charge in [0.1, 0.15) is 0 Å². The third-order valence-electron chi connectivity index (χ3n) is 2.80. The zero-order valence-electron chi connectivity index (χ0n) is 9.52. The van der Waals surface area contributed by atoms with Crippen LogP contribution in [0.3, 0.4) is 0 Å². The molecule has 2 heteroatoms. The van der Waals surface area contributed by atoms with Gasteiger partial charge in [-0.05, 0) is 35.4 Å². The monoisotopic (exact) mass is 231 g/mol. The van der Waals surface area contributed by atoms with Crippen molar-refractivity contribution in [2.45, 2.75) is 25.8 Å². The van der Waals surface area contributed by atoms with Gasteiger partial charge in [0.2, 0.25) is 0 Å². The zero-order chi connectivity index (χ0) is 11.4. The molecule has 1 nitrogen and oxygen atoms in total. The number of benzene rings is 1. The topological polar surface area (TPSA) is 26.0 Å². The van der Waals surface area contributed by atoms with Crippen LogP contribution < -0.4 is 5.73 Å². The normalized spacial score (nSPS) is 12.6. The molecule has 1 atom stereocenters. The molecule has 0 aliphatic heterocycles. The molecule has 0 aliphatic carbocycles. The highest BCUT2D eigenvalue weighted by atomic mass is 32.1. The first kappa shape index (κ1) is 11.4. The Morgan fingerprint density at radius 1 is 1.19 bits per heavy atom. The first-order valence-corrected chi connectivity index (χ1v) is 6.55. The second-order valence-corrected chi connectivity index (χ2v) is 4.91. The largest absolute Gasteiger partial charge is 0.323 e. The number of rotatable bonds is 4. The van der Waals surface area contributed by atoms with Crippen molar-refractivity contribution in [2.24, 2.45) is 5.73 Å². The highest BCUT2D eigenvalue weighted by Crippen LogP contribution is 2.25. The fourth-order valence-corrected chi connectivity index (χ4v) is 2.93. The smallest absolute Gasteiger partial charge is 0.0433 e. The Hall–Kier alpha value is -1.12. The summed E-state index contributed by atoms with van der Waals surface area (Å²) in [5, 5.41) is 2.14. The van der Waals surface area contributed by atoms with E-state index in [1.807, 2.05) is 6.07 Å². The van der Waals surface area contributed by atoms with E-state index in [0.717, 1.165) is 12.8 Å². The molecular weight excluding hydrogens is 214 g/mol. The fraction of sp³-hybridized carbons (Fsp3) is 0.286. The average Bonchev–Trinajstić information content (AvgIpc) is 2.78. The van der Waals surface area contributed by atoms with Crippen molar-refractivity contribution >= 4 is 11.3 Å². The molecule has 1 aromatic carbocycles. The van der Waals surface area contributed by atoms with Crippen LogP contribution in [0.1, 0.15) is 29.0 Å². The van der Waals surface area contributed by atoms with E-state index in [1.165, 1.54) is 16.0 Å². The standard InChI is InChI=1S/C14H17NS/c1-2-12-8-9-16-14(12)13(15)10-11-6-4-3-5-7-11/h3-9,13H,2,10,15H2,1H3. The molecule has 84 valence electrons. The molecule has 2 N–H and O–H groups in total. The van der Waals surface area contributed by atoms with Crippen LogP contribution in [0.15, 0.2) is 41.8 Å². The molecule has 0 radical (unpaired) electrons. The van der Waals surface area contributed by atoms with Crippen LogP contribution in [0.2, 0.25) is 0 Å². The predicted octanol–water partition coefficient (Wildman–Crippen LogP) is 3.55. The molecule has 16 heavy (non-hydrogen) atoms. The van der Waals surface area contributed by atoms with Crippen LogP contribution in [0, 0.1) is 0 Å². The fourth-order valence-electron chi connectivity index (χ4n) is 1.93. The Morgan fingerprint density at radius 2 is 1.94 bits per heavy atom. The minimum Gasteiger partial charge on any atom is -0.323 e. The summed E-state index contributed by atoms with van der Waals surface area (Å²) in [4.78, 5) is 1.34. The summed E-state index contributed by atoms with van der Waals surface area (Å²) >= 11 is 1.78. The van der Waals surface area contributed by atoms with Crippen LogP contribution in [-0.4, -0.2) is 0 Å². The van der Waals surface area contributed by atoms with E-state index >= 15 is 0 Å². The van der Waals surface area contributed by atoms with Gasteiger partial charge in [-0.15, -0.1) is 11.3 Å². The first-order chi connectivity index (χ1) is 7.81. The number of hydrogen-bond acceptors (Lipinski definition) is 2. The maximum Gasteiger partial charge on any atom is 0.0433 e. The molecule has 0 amide bonds. The highest BCUT2D eigenvalue weighted by molar-refractivity contribution is 7.10. The lowest BCUT2D eigenvalue weighted by Crippen LogP contribution is -2.13. The number of aryl methyl sites for hydroxylation is 1. The number of hydrogen-bond donors (Lipinski definition) is 1. The van der Waals surface area contributed by atoms with Gasteiger partial charge in [0.25, 0.3) is 0 Å². The maximum atomic E-state index is 6.26. The van der Waals surface area contributed by atoms with Crippen molar-refractivity contribution in [1.82, 2.24) is 0 Å². The molecule has 0 spiro atoms. The second kappa shape index (κ2) is 5.28. The summed E-state index contributed by atoms with van der Waals surface area (Å²) in [6, 6.07) is 12.8. The lowest BCUT2D eigenvalue weighted by molar-refractivity contribution is 0.728. The van der Waals surface area contributed by atoms with Gasteiger partial charge in [0.05, 0.1) is 0 Å². The highest BCUT2D eigenvalue weighted by Gasteiger charge is 2.12. The quantitative estimate of drug-likeness (QED) is 0.855. The average molecular weight is 231 g/mol. The second-order valence-electron chi connectivity index (χ2n) is 3.96. The van der Waals surface area contributed by atoms with Gasteiger partial charge in [0.15, 0.2) is 0 Å². The summed E-state index contributed by atoms with van der Waals surface area (Å²) in [6.07, 6.45) is 2.00. The molecule has 1 aromatic heterocycles. The molecule has 0 bridgehead atoms. The molecule has 0 aliphatic rings. The van der Waals surface area contributed by atoms with Crippen molar-refractivity contribution in [2.75, 3.05) is 0 Å². The van der Waals surface area contributed by atoms with Gasteiger partial charge in [-0.3, -0.25) is 0 Å². The van der Waals surface area contributed by atoms with Gasteiger partial charge in [0, 0.05) is 10.9 Å². The third kappa shape index (κ3) is 2.52. The van der Waals surface area contributed by atoms with Crippen molar-refractivity contribution in [3.8, 4) is 0 Å². The van der Waals surface area contributed by atoms with Crippen molar-refractivity contribution in [3.63, 3.8) is 0 Å². The van der Waals surface area contributed by atoms with Gasteiger partial charge in [-0.1, -0.05) is 37.3 Å². The van der Waals surface area contributed by atoms with E-state index in [1.54, 1.807) is 11.3 Å². The van der Waals surface area contributed by atoms with Crippen molar-refractivity contribution < 1.29 is 0 Å². The van der Waals surface area contributed by atoms with E-state index in [2.05, 4.69) is 42.6 Å². The Balaban J connectivity index is 2.11. The van der Waals surface area contributed by atoms with Crippen LogP contribution >= 0.6 is 11.3 Å². The lowest BCUT2D eigenvalue weighted by Gasteiger charge is -2.11. The summed E-state index contributed by atoms with van der Waals surface area (Å²) in [7, 11) is 0. The molecule has 2 aromatic rings. The lowest BCUT2D eigenvalue weighted by atomic mass is 10.0. The molecular formula is C14H17NS. The number of thiophene rings is 1. The predicted molar refractivity (Wildman–Crippen MR) is 70.8 cm³/mol. The van der Waals surface area contributed by atoms with E-state index in [9.17, 15) is 0 Å². The van der Waals surface area contributed by atoms with Crippen molar-refractivity contribution in [1.29, 1.82) is 0 Å². The molecule has 1 heterocycles. The zero-order valence-corrected chi connectivity index (χ0v) is 10.3. The van der Waals surface area contributed by atoms with Gasteiger partial charge in [-0.2, -0.15) is 0 Å². The number of nitrogens with two attached hydrogens (primary N) is 1. The van der Waals surface area contributed by atoms with Gasteiger partial charge >= 0.3 is 0 Å². The summed E-state index contributed by atoms with van der Waals surface area (Å²) in [5.41, 5.74) is 8.97. The van der Waals surface area contributed by atoms with E-state index < -0.39 is 0 Å². The van der Waals surface area contributed by atoms with Gasteiger partial charge in [-0.25, -0.2) is 0 Å². The Kier molecular flexibility index (Phi) is 3.75. The Labute approximate surface area is 101 Å². The minimum absolute atomic E-state index is 0.136. The molecule has 0 saturated heterocycles. The summed E-state index contributed by atoms with van der Waals surface area (Å²) in [6.45, 7) is 2.18. The van der Waals surface area contributed by atoms with Gasteiger partial charge < -0.3 is 5.73 Å². The molecule has 0 fully saturated rings. The minimum atomic E-state index is 0.136. The Bertz CT molecular complexity index is 433. The first-order valence-electron chi connectivity index (χ1n) is 5.67. The summed E-state index contributed by atoms with van der Waals surface area (Å²) < 4.78 is 0. The van der Waals surface area contributed by atoms with Crippen LogP contribution in [0.4, 0.5) is 0 Å². The maximum absolute atomic E-state index is 6.26. The van der Waals surface area contributed by atoms with Crippen molar-refractivity contribution in [3.05, 3.63) is 57.8 Å². The van der Waals surface area contributed by atoms with Crippen LogP contribution in [-0.2, 0) is 12.8 Å². The van der Waals surface area contributed by atoms with E-state index in [-0.39, 0.29) is 6.04 Å².